The molecular weight excluding hydrogens is 246 g/mol. The zero-order chi connectivity index (χ0) is 12.4. The van der Waals surface area contributed by atoms with Crippen LogP contribution in [0.15, 0.2) is 18.3 Å². The average Bonchev–Trinajstić information content (AvgIpc) is 3.22. The van der Waals surface area contributed by atoms with Crippen molar-refractivity contribution in [3.63, 3.8) is 0 Å². The first-order chi connectivity index (χ1) is 8.84. The Labute approximate surface area is 114 Å². The van der Waals surface area contributed by atoms with Crippen LogP contribution < -0.4 is 5.32 Å². The van der Waals surface area contributed by atoms with E-state index < -0.39 is 0 Å². The molecular formula is C14H20ClN3. The fourth-order valence-corrected chi connectivity index (χ4v) is 3.03. The summed E-state index contributed by atoms with van der Waals surface area (Å²) >= 11 is 6.29. The third kappa shape index (κ3) is 2.85. The highest BCUT2D eigenvalue weighted by Crippen LogP contribution is 2.41. The number of aromatic nitrogens is 1. The number of rotatable bonds is 4. The molecule has 1 saturated heterocycles. The maximum absolute atomic E-state index is 6.29. The van der Waals surface area contributed by atoms with E-state index in [-0.39, 0.29) is 0 Å². The summed E-state index contributed by atoms with van der Waals surface area (Å²) in [7, 11) is 0. The number of hydrogen-bond acceptors (Lipinski definition) is 3. The van der Waals surface area contributed by atoms with Crippen LogP contribution in [0.1, 0.15) is 30.9 Å². The zero-order valence-corrected chi connectivity index (χ0v) is 11.4. The van der Waals surface area contributed by atoms with Crippen LogP contribution in [-0.2, 0) is 0 Å². The number of nitrogens with one attached hydrogen (secondary N) is 1. The number of pyridine rings is 1. The van der Waals surface area contributed by atoms with Gasteiger partial charge >= 0.3 is 0 Å². The molecule has 0 unspecified atom stereocenters. The highest BCUT2D eigenvalue weighted by Gasteiger charge is 2.31. The fourth-order valence-electron chi connectivity index (χ4n) is 2.78. The zero-order valence-electron chi connectivity index (χ0n) is 10.6. The molecule has 98 valence electrons. The molecule has 2 fully saturated rings. The average molecular weight is 266 g/mol. The Balaban J connectivity index is 1.81. The lowest BCUT2D eigenvalue weighted by atomic mass is 10.0. The van der Waals surface area contributed by atoms with Crippen molar-refractivity contribution < 1.29 is 0 Å². The van der Waals surface area contributed by atoms with Gasteiger partial charge in [0.1, 0.15) is 5.15 Å². The van der Waals surface area contributed by atoms with E-state index in [9.17, 15) is 0 Å². The first-order valence-corrected chi connectivity index (χ1v) is 7.27. The molecule has 0 radical (unpaired) electrons. The summed E-state index contributed by atoms with van der Waals surface area (Å²) in [6, 6.07) is 4.61. The van der Waals surface area contributed by atoms with Crippen molar-refractivity contribution in [3.8, 4) is 0 Å². The van der Waals surface area contributed by atoms with Gasteiger partial charge in [0.2, 0.25) is 0 Å². The van der Waals surface area contributed by atoms with Crippen molar-refractivity contribution in [2.24, 2.45) is 5.92 Å². The minimum absolute atomic E-state index is 0.459. The molecule has 0 aromatic carbocycles. The van der Waals surface area contributed by atoms with Crippen molar-refractivity contribution in [2.45, 2.75) is 25.3 Å². The molecule has 18 heavy (non-hydrogen) atoms. The minimum Gasteiger partial charge on any atom is -0.314 e. The predicted molar refractivity (Wildman–Crippen MR) is 73.8 cm³/mol. The Morgan fingerprint density at radius 2 is 2.17 bits per heavy atom. The molecule has 3 nitrogen and oxygen atoms in total. The van der Waals surface area contributed by atoms with Crippen LogP contribution in [0.25, 0.3) is 0 Å². The molecule has 0 spiro atoms. The predicted octanol–water partition coefficient (Wildman–Crippen LogP) is 2.48. The monoisotopic (exact) mass is 265 g/mol. The van der Waals surface area contributed by atoms with Gasteiger partial charge in [-0.2, -0.15) is 0 Å². The highest BCUT2D eigenvalue weighted by atomic mass is 35.5. The van der Waals surface area contributed by atoms with Gasteiger partial charge in [-0.05, 0) is 18.4 Å². The van der Waals surface area contributed by atoms with Crippen molar-refractivity contribution >= 4 is 11.6 Å². The topological polar surface area (TPSA) is 28.2 Å². The molecule has 0 bridgehead atoms. The van der Waals surface area contributed by atoms with Crippen molar-refractivity contribution in [3.05, 3.63) is 29.0 Å². The number of piperazine rings is 1. The van der Waals surface area contributed by atoms with Gasteiger partial charge in [-0.3, -0.25) is 4.90 Å². The molecule has 1 aliphatic heterocycles. The Kier molecular flexibility index (Phi) is 3.83. The second kappa shape index (κ2) is 5.55. The summed E-state index contributed by atoms with van der Waals surface area (Å²) in [6.45, 7) is 4.39. The maximum atomic E-state index is 6.29. The van der Waals surface area contributed by atoms with Crippen molar-refractivity contribution in [1.29, 1.82) is 0 Å². The van der Waals surface area contributed by atoms with Crippen molar-refractivity contribution in [2.75, 3.05) is 26.2 Å². The van der Waals surface area contributed by atoms with E-state index in [2.05, 4.69) is 21.3 Å². The van der Waals surface area contributed by atoms with Crippen LogP contribution in [0.3, 0.4) is 0 Å². The van der Waals surface area contributed by atoms with E-state index in [1.807, 2.05) is 6.07 Å². The normalized spacial score (nSPS) is 22.9. The van der Waals surface area contributed by atoms with Crippen LogP contribution in [-0.4, -0.2) is 36.1 Å². The van der Waals surface area contributed by atoms with Crippen LogP contribution in [0.4, 0.5) is 0 Å². The minimum atomic E-state index is 0.459. The third-order valence-corrected chi connectivity index (χ3v) is 4.31. The molecule has 1 aliphatic carbocycles. The lowest BCUT2D eigenvalue weighted by Crippen LogP contribution is -2.45. The van der Waals surface area contributed by atoms with E-state index in [4.69, 9.17) is 11.6 Å². The van der Waals surface area contributed by atoms with Crippen LogP contribution in [0, 0.1) is 5.92 Å². The summed E-state index contributed by atoms with van der Waals surface area (Å²) in [6.07, 6.45) is 5.80. The quantitative estimate of drug-likeness (QED) is 0.848. The van der Waals surface area contributed by atoms with Crippen LogP contribution >= 0.6 is 11.6 Å². The van der Waals surface area contributed by atoms with Gasteiger partial charge in [0.15, 0.2) is 0 Å². The highest BCUT2D eigenvalue weighted by molar-refractivity contribution is 6.30. The maximum Gasteiger partial charge on any atom is 0.133 e. The van der Waals surface area contributed by atoms with Gasteiger partial charge in [-0.25, -0.2) is 4.98 Å². The van der Waals surface area contributed by atoms with Gasteiger partial charge in [0.05, 0.1) is 0 Å². The SMILES string of the molecule is Clc1ncccc1[C@H](CC1CC1)N1CCNCC1. The fraction of sp³-hybridized carbons (Fsp3) is 0.643. The second-order valence-corrected chi connectivity index (χ2v) is 5.72. The summed E-state index contributed by atoms with van der Waals surface area (Å²) in [5, 5.41) is 4.10. The molecule has 0 amide bonds. The van der Waals surface area contributed by atoms with E-state index in [1.165, 1.54) is 24.8 Å². The van der Waals surface area contributed by atoms with Gasteiger partial charge < -0.3 is 5.32 Å². The lowest BCUT2D eigenvalue weighted by molar-refractivity contribution is 0.160. The van der Waals surface area contributed by atoms with Crippen LogP contribution in [0.2, 0.25) is 5.15 Å². The molecule has 2 heterocycles. The second-order valence-electron chi connectivity index (χ2n) is 5.36. The van der Waals surface area contributed by atoms with Gasteiger partial charge in [-0.15, -0.1) is 0 Å². The molecule has 1 atom stereocenters. The first kappa shape index (κ1) is 12.4. The first-order valence-electron chi connectivity index (χ1n) is 6.90. The summed E-state index contributed by atoms with van der Waals surface area (Å²) < 4.78 is 0. The number of halogens is 1. The van der Waals surface area contributed by atoms with Gasteiger partial charge in [0, 0.05) is 44.0 Å². The summed E-state index contributed by atoms with van der Waals surface area (Å²) in [5.41, 5.74) is 1.22. The molecule has 1 aromatic rings. The number of hydrogen-bond donors (Lipinski definition) is 1. The van der Waals surface area contributed by atoms with E-state index >= 15 is 0 Å². The molecule has 1 N–H and O–H groups in total. The lowest BCUT2D eigenvalue weighted by Gasteiger charge is -2.35. The van der Waals surface area contributed by atoms with Gasteiger partial charge in [-0.1, -0.05) is 30.5 Å². The molecule has 3 rings (SSSR count). The van der Waals surface area contributed by atoms with Crippen molar-refractivity contribution in [1.82, 2.24) is 15.2 Å². The Morgan fingerprint density at radius 3 is 2.83 bits per heavy atom. The number of nitrogens with zero attached hydrogens (tertiary/aromatic N) is 2. The Bertz CT molecular complexity index is 400. The van der Waals surface area contributed by atoms with Crippen LogP contribution in [0.5, 0.6) is 0 Å². The smallest absolute Gasteiger partial charge is 0.133 e. The Hall–Kier alpha value is -0.640. The molecule has 4 heteroatoms. The molecule has 1 aromatic heterocycles. The third-order valence-electron chi connectivity index (χ3n) is 3.99. The van der Waals surface area contributed by atoms with E-state index in [1.54, 1.807) is 6.20 Å². The summed E-state index contributed by atoms with van der Waals surface area (Å²) in [4.78, 5) is 6.81. The van der Waals surface area contributed by atoms with E-state index in [0.717, 1.165) is 32.1 Å². The molecule has 1 saturated carbocycles. The van der Waals surface area contributed by atoms with Gasteiger partial charge in [0.25, 0.3) is 0 Å². The van der Waals surface area contributed by atoms with E-state index in [0.29, 0.717) is 11.2 Å². The molecule has 2 aliphatic rings. The standard InChI is InChI=1S/C14H20ClN3/c15-14-12(2-1-5-17-14)13(10-11-3-4-11)18-8-6-16-7-9-18/h1-2,5,11,13,16H,3-4,6-10H2/t13-/m0/s1. The largest absolute Gasteiger partial charge is 0.314 e. The summed E-state index contributed by atoms with van der Waals surface area (Å²) in [5.74, 6) is 0.904. The Morgan fingerprint density at radius 1 is 1.39 bits per heavy atom.